The van der Waals surface area contributed by atoms with Crippen LogP contribution in [0.25, 0.3) is 10.8 Å². The van der Waals surface area contributed by atoms with E-state index in [0.717, 1.165) is 22.3 Å². The number of nitrogens with one attached hydrogen (secondary N) is 3. The van der Waals surface area contributed by atoms with Crippen LogP contribution in [0.5, 0.6) is 0 Å². The Labute approximate surface area is 122 Å². The van der Waals surface area contributed by atoms with E-state index in [1.54, 1.807) is 12.4 Å². The lowest BCUT2D eigenvalue weighted by Crippen LogP contribution is -2.30. The zero-order valence-electron chi connectivity index (χ0n) is 11.5. The maximum atomic E-state index is 11.9. The number of aromatic nitrogens is 2. The molecule has 1 aromatic heterocycles. The Hall–Kier alpha value is -2.82. The molecule has 0 aliphatic heterocycles. The van der Waals surface area contributed by atoms with Crippen molar-refractivity contribution in [1.82, 2.24) is 15.3 Å². The van der Waals surface area contributed by atoms with Crippen LogP contribution in [0.2, 0.25) is 0 Å². The Kier molecular flexibility index (Phi) is 3.82. The van der Waals surface area contributed by atoms with Crippen LogP contribution in [-0.2, 0) is 6.42 Å². The summed E-state index contributed by atoms with van der Waals surface area (Å²) in [4.78, 5) is 19.0. The molecule has 0 unspecified atom stereocenters. The van der Waals surface area contributed by atoms with Gasteiger partial charge in [-0.05, 0) is 11.5 Å². The number of carbonyl (C=O) groups excluding carboxylic acids is 1. The number of hydrogen-bond acceptors (Lipinski definition) is 2. The second-order valence-electron chi connectivity index (χ2n) is 4.69. The van der Waals surface area contributed by atoms with E-state index in [9.17, 15) is 4.79 Å². The first-order valence-electron chi connectivity index (χ1n) is 6.84. The summed E-state index contributed by atoms with van der Waals surface area (Å²) in [5.74, 6) is 0.862. The van der Waals surface area contributed by atoms with Gasteiger partial charge in [0, 0.05) is 30.7 Å². The monoisotopic (exact) mass is 280 g/mol. The number of urea groups is 1. The highest BCUT2D eigenvalue weighted by atomic mass is 16.2. The maximum absolute atomic E-state index is 11.9. The van der Waals surface area contributed by atoms with Gasteiger partial charge in [0.05, 0.1) is 5.69 Å². The zero-order chi connectivity index (χ0) is 14.5. The van der Waals surface area contributed by atoms with Gasteiger partial charge in [0.2, 0.25) is 0 Å². The number of aromatic amines is 1. The molecule has 106 valence electrons. The molecule has 3 N–H and O–H groups in total. The smallest absolute Gasteiger partial charge is 0.319 e. The van der Waals surface area contributed by atoms with Crippen molar-refractivity contribution < 1.29 is 4.79 Å². The summed E-state index contributed by atoms with van der Waals surface area (Å²) in [6, 6.07) is 13.6. The second kappa shape index (κ2) is 6.09. The van der Waals surface area contributed by atoms with E-state index in [-0.39, 0.29) is 6.03 Å². The van der Waals surface area contributed by atoms with E-state index in [4.69, 9.17) is 0 Å². The molecule has 3 aromatic rings. The highest BCUT2D eigenvalue weighted by Crippen LogP contribution is 2.22. The average Bonchev–Trinajstić information content (AvgIpc) is 3.01. The molecule has 5 heteroatoms. The number of nitrogens with zero attached hydrogens (tertiary/aromatic N) is 1. The van der Waals surface area contributed by atoms with Crippen LogP contribution in [0.1, 0.15) is 5.82 Å². The average molecular weight is 280 g/mol. The molecule has 0 saturated heterocycles. The number of rotatable bonds is 4. The lowest BCUT2D eigenvalue weighted by molar-refractivity contribution is 0.252. The SMILES string of the molecule is O=C(NCCc1ncc[nH]1)Nc1cccc2ccccc12. The topological polar surface area (TPSA) is 69.8 Å². The van der Waals surface area contributed by atoms with Gasteiger partial charge in [-0.25, -0.2) is 9.78 Å². The van der Waals surface area contributed by atoms with Gasteiger partial charge >= 0.3 is 6.03 Å². The summed E-state index contributed by atoms with van der Waals surface area (Å²) in [5.41, 5.74) is 0.809. The van der Waals surface area contributed by atoms with Crippen molar-refractivity contribution in [3.8, 4) is 0 Å². The lowest BCUT2D eigenvalue weighted by Gasteiger charge is -2.09. The Morgan fingerprint density at radius 3 is 2.86 bits per heavy atom. The summed E-state index contributed by atoms with van der Waals surface area (Å²) in [7, 11) is 0. The number of amides is 2. The molecule has 0 aliphatic rings. The maximum Gasteiger partial charge on any atom is 0.319 e. The van der Waals surface area contributed by atoms with Crippen LogP contribution < -0.4 is 10.6 Å². The second-order valence-corrected chi connectivity index (χ2v) is 4.69. The van der Waals surface area contributed by atoms with E-state index in [1.807, 2.05) is 42.5 Å². The minimum absolute atomic E-state index is 0.210. The van der Waals surface area contributed by atoms with Gasteiger partial charge < -0.3 is 15.6 Å². The molecule has 0 aliphatic carbocycles. The normalized spacial score (nSPS) is 10.5. The van der Waals surface area contributed by atoms with E-state index in [1.165, 1.54) is 0 Å². The Morgan fingerprint density at radius 1 is 1.14 bits per heavy atom. The molecule has 1 heterocycles. The van der Waals surface area contributed by atoms with Crippen molar-refractivity contribution in [2.45, 2.75) is 6.42 Å². The molecule has 5 nitrogen and oxygen atoms in total. The van der Waals surface area contributed by atoms with Crippen LogP contribution in [0.15, 0.2) is 54.9 Å². The van der Waals surface area contributed by atoms with Gasteiger partial charge in [-0.3, -0.25) is 0 Å². The van der Waals surface area contributed by atoms with E-state index < -0.39 is 0 Å². The molecule has 2 amide bonds. The lowest BCUT2D eigenvalue weighted by atomic mass is 10.1. The quantitative estimate of drug-likeness (QED) is 0.687. The zero-order valence-corrected chi connectivity index (χ0v) is 11.5. The molecule has 0 radical (unpaired) electrons. The fraction of sp³-hybridized carbons (Fsp3) is 0.125. The molecule has 0 bridgehead atoms. The Morgan fingerprint density at radius 2 is 2.00 bits per heavy atom. The number of carbonyl (C=O) groups is 1. The van der Waals surface area contributed by atoms with Gasteiger partial charge in [0.15, 0.2) is 0 Å². The standard InChI is InChI=1S/C16H16N4O/c21-16(19-9-8-15-17-10-11-18-15)20-14-7-3-5-12-4-1-2-6-13(12)14/h1-7,10-11H,8-9H2,(H,17,18)(H2,19,20,21). The van der Waals surface area contributed by atoms with Gasteiger partial charge in [-0.1, -0.05) is 36.4 Å². The third-order valence-electron chi connectivity index (χ3n) is 3.24. The molecular formula is C16H16N4O. The first-order chi connectivity index (χ1) is 10.3. The van der Waals surface area contributed by atoms with Gasteiger partial charge in [0.25, 0.3) is 0 Å². The number of imidazole rings is 1. The van der Waals surface area contributed by atoms with Crippen molar-refractivity contribution in [3.05, 3.63) is 60.7 Å². The van der Waals surface area contributed by atoms with Crippen LogP contribution in [0.3, 0.4) is 0 Å². The molecule has 3 rings (SSSR count). The molecule has 21 heavy (non-hydrogen) atoms. The van der Waals surface area contributed by atoms with E-state index in [2.05, 4.69) is 20.6 Å². The summed E-state index contributed by atoms with van der Waals surface area (Å²) in [5, 5.41) is 7.84. The number of fused-ring (bicyclic) bond motifs is 1. The fourth-order valence-electron chi connectivity index (χ4n) is 2.23. The Bertz CT molecular complexity index is 732. The van der Waals surface area contributed by atoms with Gasteiger partial charge in [0.1, 0.15) is 5.82 Å². The van der Waals surface area contributed by atoms with Crippen LogP contribution in [0.4, 0.5) is 10.5 Å². The highest BCUT2D eigenvalue weighted by Gasteiger charge is 2.05. The minimum atomic E-state index is -0.210. The van der Waals surface area contributed by atoms with Crippen molar-refractivity contribution in [1.29, 1.82) is 0 Å². The molecule has 2 aromatic carbocycles. The number of H-pyrrole nitrogens is 1. The summed E-state index contributed by atoms with van der Waals surface area (Å²) >= 11 is 0. The first kappa shape index (κ1) is 13.2. The van der Waals surface area contributed by atoms with Gasteiger partial charge in [-0.2, -0.15) is 0 Å². The first-order valence-corrected chi connectivity index (χ1v) is 6.84. The Balaban J connectivity index is 1.61. The van der Waals surface area contributed by atoms with Crippen molar-refractivity contribution in [3.63, 3.8) is 0 Å². The van der Waals surface area contributed by atoms with E-state index >= 15 is 0 Å². The summed E-state index contributed by atoms with van der Waals surface area (Å²) < 4.78 is 0. The van der Waals surface area contributed by atoms with Crippen LogP contribution in [0, 0.1) is 0 Å². The third kappa shape index (κ3) is 3.20. The highest BCUT2D eigenvalue weighted by molar-refractivity contribution is 6.01. The summed E-state index contributed by atoms with van der Waals surface area (Å²) in [6.45, 7) is 0.532. The van der Waals surface area contributed by atoms with Crippen molar-refractivity contribution in [2.24, 2.45) is 0 Å². The number of anilines is 1. The minimum Gasteiger partial charge on any atom is -0.349 e. The third-order valence-corrected chi connectivity index (χ3v) is 3.24. The largest absolute Gasteiger partial charge is 0.349 e. The predicted octanol–water partition coefficient (Wildman–Crippen LogP) is 2.93. The molecule has 0 saturated carbocycles. The van der Waals surface area contributed by atoms with Crippen molar-refractivity contribution in [2.75, 3.05) is 11.9 Å². The summed E-state index contributed by atoms with van der Waals surface area (Å²) in [6.07, 6.45) is 4.15. The van der Waals surface area contributed by atoms with E-state index in [0.29, 0.717) is 13.0 Å². The molecular weight excluding hydrogens is 264 g/mol. The molecule has 0 fully saturated rings. The van der Waals surface area contributed by atoms with Crippen LogP contribution >= 0.6 is 0 Å². The van der Waals surface area contributed by atoms with Crippen molar-refractivity contribution >= 4 is 22.5 Å². The fourth-order valence-corrected chi connectivity index (χ4v) is 2.23. The predicted molar refractivity (Wildman–Crippen MR) is 83.3 cm³/mol. The number of hydrogen-bond donors (Lipinski definition) is 3. The number of benzene rings is 2. The van der Waals surface area contributed by atoms with Gasteiger partial charge in [-0.15, -0.1) is 0 Å². The van der Waals surface area contributed by atoms with Crippen LogP contribution in [-0.4, -0.2) is 22.5 Å². The molecule has 0 spiro atoms. The molecule has 0 atom stereocenters.